The summed E-state index contributed by atoms with van der Waals surface area (Å²) >= 11 is 0. The second-order valence-electron chi connectivity index (χ2n) is 5.59. The third-order valence-corrected chi connectivity index (χ3v) is 3.93. The Kier molecular flexibility index (Phi) is 4.02. The van der Waals surface area contributed by atoms with Gasteiger partial charge in [-0.15, -0.1) is 0 Å². The quantitative estimate of drug-likeness (QED) is 0.892. The van der Waals surface area contributed by atoms with E-state index in [2.05, 4.69) is 10.1 Å². The van der Waals surface area contributed by atoms with Gasteiger partial charge in [0.2, 0.25) is 11.7 Å². The minimum absolute atomic E-state index is 0.140. The molecule has 0 saturated heterocycles. The van der Waals surface area contributed by atoms with Crippen LogP contribution in [0, 0.1) is 5.92 Å². The van der Waals surface area contributed by atoms with Crippen molar-refractivity contribution in [2.75, 3.05) is 7.11 Å². The summed E-state index contributed by atoms with van der Waals surface area (Å²) in [7, 11) is 1.64. The summed E-state index contributed by atoms with van der Waals surface area (Å²) in [5, 5.41) is 3.98. The monoisotopic (exact) mass is 253 g/mol. The smallest absolute Gasteiger partial charge is 0.243 e. The molecular weight excluding hydrogens is 230 g/mol. The van der Waals surface area contributed by atoms with Gasteiger partial charge in [-0.05, 0) is 32.6 Å². The molecule has 5 nitrogen and oxygen atoms in total. The highest BCUT2D eigenvalue weighted by Crippen LogP contribution is 2.33. The minimum Gasteiger partial charge on any atom is -0.371 e. The maximum atomic E-state index is 6.23. The van der Waals surface area contributed by atoms with Gasteiger partial charge in [0.25, 0.3) is 0 Å². The molecule has 1 fully saturated rings. The third-order valence-electron chi connectivity index (χ3n) is 3.93. The Hall–Kier alpha value is -0.940. The topological polar surface area (TPSA) is 74.2 Å². The van der Waals surface area contributed by atoms with Crippen molar-refractivity contribution in [3.8, 4) is 0 Å². The van der Waals surface area contributed by atoms with Crippen molar-refractivity contribution in [2.24, 2.45) is 11.7 Å². The van der Waals surface area contributed by atoms with Gasteiger partial charge in [-0.2, -0.15) is 4.98 Å². The molecule has 0 radical (unpaired) electrons. The van der Waals surface area contributed by atoms with Crippen LogP contribution in [-0.2, 0) is 10.3 Å². The van der Waals surface area contributed by atoms with E-state index in [-0.39, 0.29) is 6.04 Å². The predicted molar refractivity (Wildman–Crippen MR) is 67.8 cm³/mol. The molecule has 1 aromatic heterocycles. The highest BCUT2D eigenvalue weighted by atomic mass is 16.5. The van der Waals surface area contributed by atoms with Crippen LogP contribution >= 0.6 is 0 Å². The largest absolute Gasteiger partial charge is 0.371 e. The lowest BCUT2D eigenvalue weighted by atomic mass is 9.84. The highest BCUT2D eigenvalue weighted by Gasteiger charge is 2.30. The molecule has 0 spiro atoms. The molecule has 18 heavy (non-hydrogen) atoms. The number of aromatic nitrogens is 2. The fourth-order valence-corrected chi connectivity index (χ4v) is 2.40. The number of ether oxygens (including phenoxy) is 1. The first-order chi connectivity index (χ1) is 8.54. The van der Waals surface area contributed by atoms with Crippen molar-refractivity contribution in [2.45, 2.75) is 57.6 Å². The Morgan fingerprint density at radius 2 is 2.00 bits per heavy atom. The molecule has 1 aliphatic rings. The van der Waals surface area contributed by atoms with E-state index in [1.54, 1.807) is 7.11 Å². The lowest BCUT2D eigenvalue weighted by Crippen LogP contribution is -2.25. The Labute approximate surface area is 108 Å². The Morgan fingerprint density at radius 3 is 2.61 bits per heavy atom. The molecule has 0 bridgehead atoms. The van der Waals surface area contributed by atoms with Gasteiger partial charge in [0.15, 0.2) is 0 Å². The molecule has 0 aliphatic heterocycles. The summed E-state index contributed by atoms with van der Waals surface area (Å²) in [5.74, 6) is 1.57. The molecule has 1 aromatic rings. The average molecular weight is 253 g/mol. The van der Waals surface area contributed by atoms with Crippen LogP contribution in [0.4, 0.5) is 0 Å². The summed E-state index contributed by atoms with van der Waals surface area (Å²) < 4.78 is 10.6. The first kappa shape index (κ1) is 13.5. The van der Waals surface area contributed by atoms with Crippen molar-refractivity contribution < 1.29 is 9.26 Å². The average Bonchev–Trinajstić information content (AvgIpc) is 2.89. The molecule has 0 aromatic carbocycles. The lowest BCUT2D eigenvalue weighted by Gasteiger charge is -2.24. The van der Waals surface area contributed by atoms with E-state index in [9.17, 15) is 0 Å². The highest BCUT2D eigenvalue weighted by molar-refractivity contribution is 5.01. The molecular formula is C13H23N3O2. The summed E-state index contributed by atoms with van der Waals surface area (Å²) in [6, 6.07) is -0.140. The number of nitrogens with two attached hydrogens (primary N) is 1. The molecule has 1 atom stereocenters. The van der Waals surface area contributed by atoms with Crippen LogP contribution in [0.5, 0.6) is 0 Å². The summed E-state index contributed by atoms with van der Waals surface area (Å²) in [5.41, 5.74) is 5.70. The zero-order valence-corrected chi connectivity index (χ0v) is 11.5. The van der Waals surface area contributed by atoms with Crippen LogP contribution in [0.3, 0.4) is 0 Å². The Bertz CT molecular complexity index is 383. The Balaban J connectivity index is 2.09. The van der Waals surface area contributed by atoms with Crippen LogP contribution in [0.25, 0.3) is 0 Å². The van der Waals surface area contributed by atoms with Crippen molar-refractivity contribution in [1.82, 2.24) is 10.1 Å². The number of nitrogens with zero attached hydrogens (tertiary/aromatic N) is 2. The van der Waals surface area contributed by atoms with Gasteiger partial charge in [-0.25, -0.2) is 0 Å². The van der Waals surface area contributed by atoms with E-state index >= 15 is 0 Å². The maximum Gasteiger partial charge on any atom is 0.243 e. The molecule has 5 heteroatoms. The first-order valence-corrected chi connectivity index (χ1v) is 6.69. The van der Waals surface area contributed by atoms with Crippen LogP contribution in [0.2, 0.25) is 0 Å². The van der Waals surface area contributed by atoms with Crippen molar-refractivity contribution in [3.05, 3.63) is 11.7 Å². The lowest BCUT2D eigenvalue weighted by molar-refractivity contribution is 0.00973. The van der Waals surface area contributed by atoms with Crippen LogP contribution in [0.15, 0.2) is 4.52 Å². The van der Waals surface area contributed by atoms with Gasteiger partial charge < -0.3 is 15.0 Å². The summed E-state index contributed by atoms with van der Waals surface area (Å²) in [4.78, 5) is 4.40. The number of hydrogen-bond donors (Lipinski definition) is 1. The molecule has 2 rings (SSSR count). The Morgan fingerprint density at radius 1 is 1.33 bits per heavy atom. The van der Waals surface area contributed by atoms with E-state index < -0.39 is 5.60 Å². The zero-order chi connectivity index (χ0) is 13.2. The van der Waals surface area contributed by atoms with Gasteiger partial charge in [0, 0.05) is 7.11 Å². The van der Waals surface area contributed by atoms with E-state index in [1.165, 1.54) is 19.3 Å². The second kappa shape index (κ2) is 5.36. The van der Waals surface area contributed by atoms with Gasteiger partial charge in [-0.3, -0.25) is 0 Å². The second-order valence-corrected chi connectivity index (χ2v) is 5.59. The summed E-state index contributed by atoms with van der Waals surface area (Å²) in [6.45, 7) is 3.82. The van der Waals surface area contributed by atoms with Gasteiger partial charge in [0.1, 0.15) is 5.60 Å². The van der Waals surface area contributed by atoms with E-state index in [0.717, 1.165) is 12.8 Å². The van der Waals surface area contributed by atoms with Crippen LogP contribution < -0.4 is 5.73 Å². The van der Waals surface area contributed by atoms with E-state index in [1.807, 2.05) is 13.8 Å². The van der Waals surface area contributed by atoms with Gasteiger partial charge in [0.05, 0.1) is 6.04 Å². The van der Waals surface area contributed by atoms with Crippen molar-refractivity contribution >= 4 is 0 Å². The maximum absolute atomic E-state index is 6.23. The molecule has 0 amide bonds. The molecule has 1 saturated carbocycles. The zero-order valence-electron chi connectivity index (χ0n) is 11.5. The SMILES string of the molecule is COC(C)(C)c1noc(C(N)C2CCCCC2)n1. The number of rotatable bonds is 4. The van der Waals surface area contributed by atoms with Gasteiger partial charge >= 0.3 is 0 Å². The van der Waals surface area contributed by atoms with E-state index in [4.69, 9.17) is 15.0 Å². The molecule has 1 unspecified atom stereocenters. The predicted octanol–water partition coefficient (Wildman–Crippen LogP) is 2.53. The summed E-state index contributed by atoms with van der Waals surface area (Å²) in [6.07, 6.45) is 6.14. The van der Waals surface area contributed by atoms with Crippen LogP contribution in [-0.4, -0.2) is 17.3 Å². The third kappa shape index (κ3) is 2.72. The molecule has 1 aliphatic carbocycles. The fraction of sp³-hybridized carbons (Fsp3) is 0.846. The molecule has 2 N–H and O–H groups in total. The normalized spacial score (nSPS) is 20.0. The molecule has 102 valence electrons. The molecule has 1 heterocycles. The van der Waals surface area contributed by atoms with Gasteiger partial charge in [-0.1, -0.05) is 24.4 Å². The van der Waals surface area contributed by atoms with Crippen molar-refractivity contribution in [3.63, 3.8) is 0 Å². The van der Waals surface area contributed by atoms with Crippen molar-refractivity contribution in [1.29, 1.82) is 0 Å². The fourth-order valence-electron chi connectivity index (χ4n) is 2.40. The first-order valence-electron chi connectivity index (χ1n) is 6.69. The number of methoxy groups -OCH3 is 1. The standard InChI is InChI=1S/C13H23N3O2/c1-13(2,17-3)12-15-11(18-16-12)10(14)9-7-5-4-6-8-9/h9-10H,4-8,14H2,1-3H3. The minimum atomic E-state index is -0.534. The van der Waals surface area contributed by atoms with Crippen LogP contribution in [0.1, 0.15) is 63.7 Å². The number of hydrogen-bond acceptors (Lipinski definition) is 5. The van der Waals surface area contributed by atoms with E-state index in [0.29, 0.717) is 17.6 Å².